The average Bonchev–Trinajstić information content (AvgIpc) is 2.39. The van der Waals surface area contributed by atoms with Gasteiger partial charge in [-0.2, -0.15) is 0 Å². The van der Waals surface area contributed by atoms with E-state index in [0.29, 0.717) is 0 Å². The van der Waals surface area contributed by atoms with E-state index in [9.17, 15) is 5.11 Å². The van der Waals surface area contributed by atoms with E-state index < -0.39 is 0 Å². The lowest BCUT2D eigenvalue weighted by Crippen LogP contribution is -2.30. The molecule has 0 atom stereocenters. The van der Waals surface area contributed by atoms with Crippen molar-refractivity contribution >= 4 is 0 Å². The van der Waals surface area contributed by atoms with Crippen molar-refractivity contribution in [3.63, 3.8) is 0 Å². The molecule has 1 N–H and O–H groups in total. The van der Waals surface area contributed by atoms with Crippen molar-refractivity contribution in [1.82, 2.24) is 9.88 Å². The van der Waals surface area contributed by atoms with Gasteiger partial charge < -0.3 is 5.11 Å². The van der Waals surface area contributed by atoms with Gasteiger partial charge in [0.2, 0.25) is 0 Å². The van der Waals surface area contributed by atoms with Gasteiger partial charge in [-0.1, -0.05) is 30.3 Å². The minimum atomic E-state index is 0.260. The minimum absolute atomic E-state index is 0.260. The monoisotopic (exact) mass is 240 g/mol. The average molecular weight is 240 g/mol. The number of benzene rings is 1. The van der Waals surface area contributed by atoms with Crippen LogP contribution in [-0.4, -0.2) is 21.5 Å². The van der Waals surface area contributed by atoms with Gasteiger partial charge in [0, 0.05) is 31.7 Å². The summed E-state index contributed by atoms with van der Waals surface area (Å²) in [5.74, 6) is 0.260. The molecule has 92 valence electrons. The minimum Gasteiger partial charge on any atom is -0.506 e. The smallest absolute Gasteiger partial charge is 0.134 e. The lowest BCUT2D eigenvalue weighted by atomic mass is 10.0. The van der Waals surface area contributed by atoms with Crippen LogP contribution in [0.2, 0.25) is 0 Å². The van der Waals surface area contributed by atoms with E-state index in [4.69, 9.17) is 0 Å². The van der Waals surface area contributed by atoms with Crippen LogP contribution in [0, 0.1) is 0 Å². The van der Waals surface area contributed by atoms with E-state index in [1.165, 1.54) is 11.8 Å². The first-order valence-electron chi connectivity index (χ1n) is 6.24. The summed E-state index contributed by atoms with van der Waals surface area (Å²) in [4.78, 5) is 6.67. The molecule has 1 aliphatic rings. The van der Waals surface area contributed by atoms with E-state index >= 15 is 0 Å². The van der Waals surface area contributed by atoms with E-state index in [2.05, 4.69) is 34.1 Å². The molecule has 0 unspecified atom stereocenters. The fourth-order valence-corrected chi connectivity index (χ4v) is 2.45. The van der Waals surface area contributed by atoms with E-state index in [0.717, 1.165) is 37.3 Å². The standard InChI is InChI=1S/C15H16N2O/c18-14-8-13-11-17(7-6-15(13)16-9-14)10-12-4-2-1-3-5-12/h1-5,8-9,18H,6-7,10-11H2. The maximum atomic E-state index is 9.48. The summed E-state index contributed by atoms with van der Waals surface area (Å²) < 4.78 is 0. The van der Waals surface area contributed by atoms with Crippen LogP contribution in [-0.2, 0) is 19.5 Å². The van der Waals surface area contributed by atoms with Gasteiger partial charge in [-0.05, 0) is 17.2 Å². The lowest BCUT2D eigenvalue weighted by molar-refractivity contribution is 0.243. The Morgan fingerprint density at radius 1 is 1.22 bits per heavy atom. The van der Waals surface area contributed by atoms with Gasteiger partial charge in [0.25, 0.3) is 0 Å². The number of nitrogens with zero attached hydrogens (tertiary/aromatic N) is 2. The summed E-state index contributed by atoms with van der Waals surface area (Å²) in [7, 11) is 0. The Kier molecular flexibility index (Phi) is 2.99. The topological polar surface area (TPSA) is 36.4 Å². The van der Waals surface area contributed by atoms with Gasteiger partial charge in [-0.3, -0.25) is 9.88 Å². The summed E-state index contributed by atoms with van der Waals surface area (Å²) >= 11 is 0. The number of hydrogen-bond donors (Lipinski definition) is 1. The molecule has 3 rings (SSSR count). The normalized spacial score (nSPS) is 15.3. The van der Waals surface area contributed by atoms with Gasteiger partial charge in [0.15, 0.2) is 0 Å². The molecule has 1 aromatic heterocycles. The molecule has 0 fully saturated rings. The van der Waals surface area contributed by atoms with E-state index in [1.54, 1.807) is 0 Å². The Bertz CT molecular complexity index is 539. The molecule has 3 nitrogen and oxygen atoms in total. The second-order valence-electron chi connectivity index (χ2n) is 4.75. The molecule has 2 heterocycles. The zero-order chi connectivity index (χ0) is 12.4. The van der Waals surface area contributed by atoms with Gasteiger partial charge in [-0.25, -0.2) is 0 Å². The van der Waals surface area contributed by atoms with Gasteiger partial charge in [-0.15, -0.1) is 0 Å². The summed E-state index contributed by atoms with van der Waals surface area (Å²) in [6, 6.07) is 12.3. The van der Waals surface area contributed by atoms with Crippen LogP contribution in [0.3, 0.4) is 0 Å². The van der Waals surface area contributed by atoms with Crippen LogP contribution < -0.4 is 0 Å². The van der Waals surface area contributed by atoms with Crippen LogP contribution in [0.15, 0.2) is 42.6 Å². The van der Waals surface area contributed by atoms with Crippen molar-refractivity contribution in [2.75, 3.05) is 6.54 Å². The Hall–Kier alpha value is -1.87. The van der Waals surface area contributed by atoms with Crippen molar-refractivity contribution in [1.29, 1.82) is 0 Å². The number of pyridine rings is 1. The van der Waals surface area contributed by atoms with Crippen molar-refractivity contribution in [2.45, 2.75) is 19.5 Å². The first kappa shape index (κ1) is 11.2. The number of fused-ring (bicyclic) bond motifs is 1. The molecule has 1 aliphatic heterocycles. The SMILES string of the molecule is Oc1cnc2c(c1)CN(Cc1ccccc1)CC2. The summed E-state index contributed by atoms with van der Waals surface area (Å²) in [6.45, 7) is 2.85. The molecule has 0 radical (unpaired) electrons. The third-order valence-corrected chi connectivity index (χ3v) is 3.35. The summed E-state index contributed by atoms with van der Waals surface area (Å²) in [5.41, 5.74) is 3.60. The van der Waals surface area contributed by atoms with Crippen LogP contribution in [0.25, 0.3) is 0 Å². The van der Waals surface area contributed by atoms with Crippen LogP contribution in [0.4, 0.5) is 0 Å². The molecule has 0 aliphatic carbocycles. The second kappa shape index (κ2) is 4.78. The van der Waals surface area contributed by atoms with Crippen molar-refractivity contribution in [2.24, 2.45) is 0 Å². The number of aromatic hydroxyl groups is 1. The summed E-state index contributed by atoms with van der Waals surface area (Å²) in [5, 5.41) is 9.48. The molecule has 0 saturated carbocycles. The van der Waals surface area contributed by atoms with Crippen LogP contribution in [0.1, 0.15) is 16.8 Å². The first-order chi connectivity index (χ1) is 8.81. The third kappa shape index (κ3) is 2.36. The highest BCUT2D eigenvalue weighted by Gasteiger charge is 2.17. The fourth-order valence-electron chi connectivity index (χ4n) is 2.45. The molecule has 0 bridgehead atoms. The zero-order valence-electron chi connectivity index (χ0n) is 10.2. The van der Waals surface area contributed by atoms with Crippen LogP contribution >= 0.6 is 0 Å². The van der Waals surface area contributed by atoms with E-state index in [1.807, 2.05) is 12.1 Å². The molecule has 0 spiro atoms. The lowest BCUT2D eigenvalue weighted by Gasteiger charge is -2.28. The maximum absolute atomic E-state index is 9.48. The Morgan fingerprint density at radius 2 is 2.06 bits per heavy atom. The van der Waals surface area contributed by atoms with Gasteiger partial charge >= 0.3 is 0 Å². The fraction of sp³-hybridized carbons (Fsp3) is 0.267. The molecular formula is C15H16N2O. The maximum Gasteiger partial charge on any atom is 0.134 e. The van der Waals surface area contributed by atoms with Crippen LogP contribution in [0.5, 0.6) is 5.75 Å². The van der Waals surface area contributed by atoms with Crippen molar-refractivity contribution < 1.29 is 5.11 Å². The predicted molar refractivity (Wildman–Crippen MR) is 70.2 cm³/mol. The molecule has 2 aromatic rings. The highest BCUT2D eigenvalue weighted by molar-refractivity contribution is 5.30. The third-order valence-electron chi connectivity index (χ3n) is 3.35. The molecule has 18 heavy (non-hydrogen) atoms. The Labute approximate surface area is 107 Å². The second-order valence-corrected chi connectivity index (χ2v) is 4.75. The first-order valence-corrected chi connectivity index (χ1v) is 6.24. The van der Waals surface area contributed by atoms with E-state index in [-0.39, 0.29) is 5.75 Å². The van der Waals surface area contributed by atoms with Crippen molar-refractivity contribution in [3.05, 3.63) is 59.4 Å². The molecule has 0 saturated heterocycles. The summed E-state index contributed by atoms with van der Waals surface area (Å²) in [6.07, 6.45) is 2.49. The van der Waals surface area contributed by atoms with Gasteiger partial charge in [0.1, 0.15) is 5.75 Å². The molecular weight excluding hydrogens is 224 g/mol. The van der Waals surface area contributed by atoms with Gasteiger partial charge in [0.05, 0.1) is 6.20 Å². The zero-order valence-corrected chi connectivity index (χ0v) is 10.2. The quantitative estimate of drug-likeness (QED) is 0.875. The predicted octanol–water partition coefficient (Wildman–Crippen LogP) is 2.35. The highest BCUT2D eigenvalue weighted by atomic mass is 16.3. The molecule has 3 heteroatoms. The molecule has 0 amide bonds. The number of aromatic nitrogens is 1. The molecule has 1 aromatic carbocycles. The number of rotatable bonds is 2. The van der Waals surface area contributed by atoms with Crippen molar-refractivity contribution in [3.8, 4) is 5.75 Å². The Balaban J connectivity index is 1.75. The highest BCUT2D eigenvalue weighted by Crippen LogP contribution is 2.21. The number of hydrogen-bond acceptors (Lipinski definition) is 3. The Morgan fingerprint density at radius 3 is 2.89 bits per heavy atom. The largest absolute Gasteiger partial charge is 0.506 e.